The number of carbonyl (C=O) groups excluding carboxylic acids is 1. The predicted octanol–water partition coefficient (Wildman–Crippen LogP) is 3.04. The first-order valence-electron chi connectivity index (χ1n) is 8.52. The highest BCUT2D eigenvalue weighted by molar-refractivity contribution is 14.0. The quantitative estimate of drug-likeness (QED) is 0.219. The molecule has 26 heavy (non-hydrogen) atoms. The summed E-state index contributed by atoms with van der Waals surface area (Å²) in [5.41, 5.74) is 1.18. The first-order valence-corrected chi connectivity index (χ1v) is 9.32. The molecule has 0 saturated heterocycles. The monoisotopic (exact) mass is 540 g/mol. The van der Waals surface area contributed by atoms with E-state index in [4.69, 9.17) is 4.74 Å². The van der Waals surface area contributed by atoms with Gasteiger partial charge in [0.2, 0.25) is 5.91 Å². The van der Waals surface area contributed by atoms with Gasteiger partial charge in [-0.25, -0.2) is 4.99 Å². The summed E-state index contributed by atoms with van der Waals surface area (Å²) in [7, 11) is 5.15. The Morgan fingerprint density at radius 1 is 1.27 bits per heavy atom. The molecule has 148 valence electrons. The number of aliphatic imine (C=N–C) groups is 1. The van der Waals surface area contributed by atoms with Crippen molar-refractivity contribution in [2.45, 2.75) is 26.2 Å². The number of likely N-dealkylation sites (N-methyl/N-ethyl adjacent to an activating group) is 1. The number of benzene rings is 1. The molecule has 6 nitrogen and oxygen atoms in total. The molecule has 0 aliphatic heterocycles. The third kappa shape index (κ3) is 9.61. The van der Waals surface area contributed by atoms with Gasteiger partial charge in [-0.15, -0.1) is 24.0 Å². The molecule has 2 N–H and O–H groups in total. The Morgan fingerprint density at radius 2 is 1.96 bits per heavy atom. The number of ether oxygens (including phenoxy) is 1. The smallest absolute Gasteiger partial charge is 0.243 e. The number of rotatable bonds is 9. The van der Waals surface area contributed by atoms with Crippen molar-refractivity contribution in [1.29, 1.82) is 0 Å². The normalized spacial score (nSPS) is 10.7. The van der Waals surface area contributed by atoms with E-state index < -0.39 is 0 Å². The number of guanidine groups is 1. The number of hydrogen-bond donors (Lipinski definition) is 2. The minimum atomic E-state index is -0.0165. The van der Waals surface area contributed by atoms with Crippen molar-refractivity contribution in [1.82, 2.24) is 15.5 Å². The van der Waals surface area contributed by atoms with E-state index in [9.17, 15) is 4.79 Å². The molecular formula is C18H30BrIN4O2. The fourth-order valence-electron chi connectivity index (χ4n) is 2.12. The SMILES string of the molecule is CCCNC(=NCC(=O)N(C)C)NCCCc1ccc(Br)cc1OC.I. The molecule has 0 aromatic heterocycles. The summed E-state index contributed by atoms with van der Waals surface area (Å²) in [6, 6.07) is 6.07. The van der Waals surface area contributed by atoms with E-state index in [1.165, 1.54) is 5.56 Å². The van der Waals surface area contributed by atoms with Crippen LogP contribution in [0.5, 0.6) is 5.75 Å². The molecule has 1 aromatic rings. The summed E-state index contributed by atoms with van der Waals surface area (Å²) < 4.78 is 6.43. The Kier molecular flexibility index (Phi) is 13.5. The summed E-state index contributed by atoms with van der Waals surface area (Å²) in [5, 5.41) is 6.52. The van der Waals surface area contributed by atoms with Crippen LogP contribution in [0.3, 0.4) is 0 Å². The summed E-state index contributed by atoms with van der Waals surface area (Å²) >= 11 is 3.45. The molecule has 0 saturated carbocycles. The van der Waals surface area contributed by atoms with Crippen molar-refractivity contribution in [3.8, 4) is 5.75 Å². The molecule has 1 amide bonds. The number of aryl methyl sites for hydroxylation is 1. The first-order chi connectivity index (χ1) is 12.0. The van der Waals surface area contributed by atoms with Crippen molar-refractivity contribution in [2.75, 3.05) is 40.8 Å². The van der Waals surface area contributed by atoms with E-state index in [-0.39, 0.29) is 36.4 Å². The van der Waals surface area contributed by atoms with Gasteiger partial charge in [-0.3, -0.25) is 4.79 Å². The average molecular weight is 541 g/mol. The lowest BCUT2D eigenvalue weighted by Gasteiger charge is -2.14. The van der Waals surface area contributed by atoms with Crippen molar-refractivity contribution < 1.29 is 9.53 Å². The molecular weight excluding hydrogens is 511 g/mol. The van der Waals surface area contributed by atoms with Crippen LogP contribution in [-0.2, 0) is 11.2 Å². The van der Waals surface area contributed by atoms with Gasteiger partial charge in [0.1, 0.15) is 12.3 Å². The molecule has 0 heterocycles. The Morgan fingerprint density at radius 3 is 2.58 bits per heavy atom. The zero-order valence-electron chi connectivity index (χ0n) is 16.0. The van der Waals surface area contributed by atoms with Crippen LogP contribution in [0.1, 0.15) is 25.3 Å². The van der Waals surface area contributed by atoms with Crippen LogP contribution in [-0.4, -0.2) is 57.6 Å². The van der Waals surface area contributed by atoms with Gasteiger partial charge in [0.05, 0.1) is 7.11 Å². The maximum atomic E-state index is 11.7. The number of halogens is 2. The largest absolute Gasteiger partial charge is 0.496 e. The van der Waals surface area contributed by atoms with Crippen molar-refractivity contribution >= 4 is 51.8 Å². The van der Waals surface area contributed by atoms with Gasteiger partial charge in [0.15, 0.2) is 5.96 Å². The third-order valence-electron chi connectivity index (χ3n) is 3.58. The summed E-state index contributed by atoms with van der Waals surface area (Å²) in [5.74, 6) is 1.56. The van der Waals surface area contributed by atoms with Gasteiger partial charge < -0.3 is 20.3 Å². The highest BCUT2D eigenvalue weighted by atomic mass is 127. The van der Waals surface area contributed by atoms with Crippen molar-refractivity contribution in [2.24, 2.45) is 4.99 Å². The topological polar surface area (TPSA) is 66.0 Å². The molecule has 0 spiro atoms. The second-order valence-electron chi connectivity index (χ2n) is 5.87. The van der Waals surface area contributed by atoms with Crippen LogP contribution in [0.15, 0.2) is 27.7 Å². The Hall–Kier alpha value is -1.03. The molecule has 1 rings (SSSR count). The van der Waals surface area contributed by atoms with Crippen molar-refractivity contribution in [3.05, 3.63) is 28.2 Å². The summed E-state index contributed by atoms with van der Waals surface area (Å²) in [4.78, 5) is 17.6. The predicted molar refractivity (Wildman–Crippen MR) is 122 cm³/mol. The summed E-state index contributed by atoms with van der Waals surface area (Å²) in [6.07, 6.45) is 2.84. The van der Waals surface area contributed by atoms with Crippen LogP contribution < -0.4 is 15.4 Å². The standard InChI is InChI=1S/C18H29BrN4O2.HI/c1-5-10-20-18(22-13-17(24)23(2)3)21-11-6-7-14-8-9-15(19)12-16(14)25-4;/h8-9,12H,5-7,10-11,13H2,1-4H3,(H2,20,21,22);1H. The molecule has 0 bridgehead atoms. The third-order valence-corrected chi connectivity index (χ3v) is 4.07. The van der Waals surface area contributed by atoms with Crippen molar-refractivity contribution in [3.63, 3.8) is 0 Å². The Balaban J connectivity index is 0.00000625. The zero-order chi connectivity index (χ0) is 18.7. The number of carbonyl (C=O) groups is 1. The molecule has 0 radical (unpaired) electrons. The number of methoxy groups -OCH3 is 1. The minimum Gasteiger partial charge on any atom is -0.496 e. The molecule has 1 aromatic carbocycles. The first kappa shape index (κ1) is 25.0. The van der Waals surface area contributed by atoms with Gasteiger partial charge in [0, 0.05) is 31.7 Å². The number of nitrogens with zero attached hydrogens (tertiary/aromatic N) is 2. The van der Waals surface area contributed by atoms with Gasteiger partial charge in [0.25, 0.3) is 0 Å². The lowest BCUT2D eigenvalue weighted by atomic mass is 10.1. The highest BCUT2D eigenvalue weighted by Gasteiger charge is 2.06. The van der Waals surface area contributed by atoms with Crippen LogP contribution in [0, 0.1) is 0 Å². The Bertz CT molecular complexity index is 582. The van der Waals surface area contributed by atoms with Crippen LogP contribution >= 0.6 is 39.9 Å². The Labute approximate surface area is 182 Å². The molecule has 0 fully saturated rings. The average Bonchev–Trinajstić information content (AvgIpc) is 2.60. The van der Waals surface area contributed by atoms with Crippen LogP contribution in [0.4, 0.5) is 0 Å². The zero-order valence-corrected chi connectivity index (χ0v) is 19.9. The number of nitrogens with one attached hydrogen (secondary N) is 2. The molecule has 0 aliphatic carbocycles. The second-order valence-corrected chi connectivity index (χ2v) is 6.78. The minimum absolute atomic E-state index is 0. The van der Waals surface area contributed by atoms with Crippen LogP contribution in [0.2, 0.25) is 0 Å². The molecule has 0 unspecified atom stereocenters. The van der Waals surface area contributed by atoms with E-state index in [2.05, 4.69) is 44.5 Å². The van der Waals surface area contributed by atoms with Crippen LogP contribution in [0.25, 0.3) is 0 Å². The molecule has 0 aliphatic rings. The second kappa shape index (κ2) is 14.1. The lowest BCUT2D eigenvalue weighted by molar-refractivity contribution is -0.127. The van der Waals surface area contributed by atoms with E-state index in [0.29, 0.717) is 5.96 Å². The number of hydrogen-bond acceptors (Lipinski definition) is 3. The maximum Gasteiger partial charge on any atom is 0.243 e. The maximum absolute atomic E-state index is 11.7. The fraction of sp³-hybridized carbons (Fsp3) is 0.556. The van der Waals surface area contributed by atoms with E-state index in [1.807, 2.05) is 12.1 Å². The highest BCUT2D eigenvalue weighted by Crippen LogP contribution is 2.24. The fourth-order valence-corrected chi connectivity index (χ4v) is 2.46. The molecule has 0 atom stereocenters. The number of amides is 1. The van der Waals surface area contributed by atoms with E-state index in [1.54, 1.807) is 26.1 Å². The molecule has 8 heteroatoms. The van der Waals surface area contributed by atoms with Gasteiger partial charge >= 0.3 is 0 Å². The van der Waals surface area contributed by atoms with E-state index in [0.717, 1.165) is 42.6 Å². The van der Waals surface area contributed by atoms with Gasteiger partial charge in [-0.1, -0.05) is 28.9 Å². The van der Waals surface area contributed by atoms with Gasteiger partial charge in [-0.05, 0) is 37.0 Å². The van der Waals surface area contributed by atoms with E-state index >= 15 is 0 Å². The van der Waals surface area contributed by atoms with Gasteiger partial charge in [-0.2, -0.15) is 0 Å². The lowest BCUT2D eigenvalue weighted by Crippen LogP contribution is -2.39. The summed E-state index contributed by atoms with van der Waals surface area (Å²) in [6.45, 7) is 3.83.